The minimum absolute atomic E-state index is 0.509. The van der Waals surface area contributed by atoms with Crippen LogP contribution in [-0.4, -0.2) is 7.11 Å². The molecule has 0 aromatic heterocycles. The summed E-state index contributed by atoms with van der Waals surface area (Å²) in [6, 6.07) is 3.80. The molecule has 1 rings (SSSR count). The lowest BCUT2D eigenvalue weighted by atomic mass is 10.1. The van der Waals surface area contributed by atoms with Gasteiger partial charge >= 0.3 is 0 Å². The topological polar surface area (TPSA) is 9.23 Å². The van der Waals surface area contributed by atoms with Crippen molar-refractivity contribution >= 4 is 23.2 Å². The quantitative estimate of drug-likeness (QED) is 0.747. The van der Waals surface area contributed by atoms with Crippen LogP contribution >= 0.6 is 23.2 Å². The summed E-state index contributed by atoms with van der Waals surface area (Å²) >= 11 is 12.0. The number of ether oxygens (including phenoxy) is 1. The molecule has 0 heterocycles. The zero-order valence-corrected chi connectivity index (χ0v) is 9.24. The molecule has 13 heavy (non-hydrogen) atoms. The number of benzene rings is 1. The van der Waals surface area contributed by atoms with Crippen LogP contribution in [-0.2, 0) is 6.42 Å². The minimum atomic E-state index is 0.509. The zero-order valence-electron chi connectivity index (χ0n) is 7.73. The van der Waals surface area contributed by atoms with E-state index in [1.807, 2.05) is 12.1 Å². The van der Waals surface area contributed by atoms with E-state index in [0.29, 0.717) is 15.8 Å². The molecule has 0 atom stereocenters. The van der Waals surface area contributed by atoms with Crippen LogP contribution in [0.15, 0.2) is 12.1 Å². The van der Waals surface area contributed by atoms with E-state index in [-0.39, 0.29) is 0 Å². The van der Waals surface area contributed by atoms with Crippen molar-refractivity contribution in [2.24, 2.45) is 0 Å². The molecule has 1 aromatic rings. The maximum absolute atomic E-state index is 6.04. The van der Waals surface area contributed by atoms with Gasteiger partial charge in [-0.3, -0.25) is 0 Å². The molecule has 0 spiro atoms. The third-order valence-electron chi connectivity index (χ3n) is 1.87. The molecule has 0 saturated carbocycles. The second-order valence-electron chi connectivity index (χ2n) is 2.80. The van der Waals surface area contributed by atoms with Crippen LogP contribution < -0.4 is 4.74 Å². The van der Waals surface area contributed by atoms with Crippen LogP contribution in [0, 0.1) is 0 Å². The Morgan fingerprint density at radius 3 is 2.46 bits per heavy atom. The predicted octanol–water partition coefficient (Wildman–Crippen LogP) is 3.95. The normalized spacial score (nSPS) is 10.2. The van der Waals surface area contributed by atoms with Crippen molar-refractivity contribution in [2.75, 3.05) is 7.11 Å². The second kappa shape index (κ2) is 4.73. The van der Waals surface area contributed by atoms with Crippen LogP contribution in [0.3, 0.4) is 0 Å². The van der Waals surface area contributed by atoms with E-state index in [1.54, 1.807) is 7.11 Å². The number of rotatable bonds is 3. The van der Waals surface area contributed by atoms with E-state index in [1.165, 1.54) is 0 Å². The van der Waals surface area contributed by atoms with Crippen molar-refractivity contribution in [3.63, 3.8) is 0 Å². The van der Waals surface area contributed by atoms with Gasteiger partial charge in [-0.25, -0.2) is 0 Å². The average molecular weight is 219 g/mol. The minimum Gasteiger partial charge on any atom is -0.495 e. The van der Waals surface area contributed by atoms with E-state index >= 15 is 0 Å². The largest absolute Gasteiger partial charge is 0.495 e. The summed E-state index contributed by atoms with van der Waals surface area (Å²) in [5.74, 6) is 0.631. The summed E-state index contributed by atoms with van der Waals surface area (Å²) in [4.78, 5) is 0. The second-order valence-corrected chi connectivity index (χ2v) is 3.56. The summed E-state index contributed by atoms with van der Waals surface area (Å²) in [5, 5.41) is 1.12. The SMILES string of the molecule is CCCc1ccc(OC)c(Cl)c1Cl. The van der Waals surface area contributed by atoms with Crippen LogP contribution in [0.5, 0.6) is 5.75 Å². The lowest BCUT2D eigenvalue weighted by molar-refractivity contribution is 0.415. The number of halogens is 2. The third kappa shape index (κ3) is 2.29. The van der Waals surface area contributed by atoms with Crippen LogP contribution in [0.2, 0.25) is 10.0 Å². The highest BCUT2D eigenvalue weighted by atomic mass is 35.5. The summed E-state index contributed by atoms with van der Waals surface area (Å²) in [5.41, 5.74) is 1.08. The van der Waals surface area contributed by atoms with E-state index in [2.05, 4.69) is 6.92 Å². The van der Waals surface area contributed by atoms with E-state index in [9.17, 15) is 0 Å². The van der Waals surface area contributed by atoms with Gasteiger partial charge in [0.15, 0.2) is 0 Å². The Kier molecular flexibility index (Phi) is 3.89. The zero-order chi connectivity index (χ0) is 9.84. The molecule has 0 aliphatic rings. The highest BCUT2D eigenvalue weighted by Crippen LogP contribution is 2.34. The summed E-state index contributed by atoms with van der Waals surface area (Å²) in [7, 11) is 1.58. The maximum Gasteiger partial charge on any atom is 0.138 e. The Balaban J connectivity index is 3.07. The fraction of sp³-hybridized carbons (Fsp3) is 0.400. The first-order chi connectivity index (χ1) is 6.20. The monoisotopic (exact) mass is 218 g/mol. The summed E-state index contributed by atoms with van der Waals surface area (Å²) < 4.78 is 5.04. The van der Waals surface area contributed by atoms with Gasteiger partial charge in [0, 0.05) is 0 Å². The fourth-order valence-corrected chi connectivity index (χ4v) is 1.70. The molecule has 0 aliphatic carbocycles. The molecule has 0 radical (unpaired) electrons. The molecular weight excluding hydrogens is 207 g/mol. The van der Waals surface area contributed by atoms with Crippen molar-refractivity contribution in [2.45, 2.75) is 19.8 Å². The van der Waals surface area contributed by atoms with Gasteiger partial charge in [-0.2, -0.15) is 0 Å². The van der Waals surface area contributed by atoms with Gasteiger partial charge in [0.2, 0.25) is 0 Å². The van der Waals surface area contributed by atoms with E-state index in [4.69, 9.17) is 27.9 Å². The number of hydrogen-bond donors (Lipinski definition) is 0. The Morgan fingerprint density at radius 2 is 1.92 bits per heavy atom. The van der Waals surface area contributed by atoms with Crippen molar-refractivity contribution in [3.8, 4) is 5.75 Å². The Bertz CT molecular complexity index is 297. The van der Waals surface area contributed by atoms with Crippen molar-refractivity contribution in [3.05, 3.63) is 27.7 Å². The molecule has 1 aromatic carbocycles. The smallest absolute Gasteiger partial charge is 0.138 e. The van der Waals surface area contributed by atoms with E-state index < -0.39 is 0 Å². The molecule has 0 amide bonds. The standard InChI is InChI=1S/C10H12Cl2O/c1-3-4-7-5-6-8(13-2)10(12)9(7)11/h5-6H,3-4H2,1-2H3. The highest BCUT2D eigenvalue weighted by Gasteiger charge is 2.08. The maximum atomic E-state index is 6.04. The van der Waals surface area contributed by atoms with Gasteiger partial charge < -0.3 is 4.74 Å². The Morgan fingerprint density at radius 1 is 1.23 bits per heavy atom. The summed E-state index contributed by atoms with van der Waals surface area (Å²) in [6.07, 6.45) is 2.00. The van der Waals surface area contributed by atoms with Gasteiger partial charge in [0.05, 0.1) is 12.1 Å². The van der Waals surface area contributed by atoms with Gasteiger partial charge in [-0.1, -0.05) is 42.6 Å². The van der Waals surface area contributed by atoms with Gasteiger partial charge in [-0.05, 0) is 18.1 Å². The molecule has 0 fully saturated rings. The van der Waals surface area contributed by atoms with Crippen LogP contribution in [0.1, 0.15) is 18.9 Å². The van der Waals surface area contributed by atoms with Crippen molar-refractivity contribution in [1.29, 1.82) is 0 Å². The molecule has 1 nitrogen and oxygen atoms in total. The van der Waals surface area contributed by atoms with Gasteiger partial charge in [0.25, 0.3) is 0 Å². The molecule has 72 valence electrons. The molecule has 0 N–H and O–H groups in total. The molecule has 0 aliphatic heterocycles. The summed E-state index contributed by atoms with van der Waals surface area (Å²) in [6.45, 7) is 2.11. The Hall–Kier alpha value is -0.400. The van der Waals surface area contributed by atoms with Crippen molar-refractivity contribution in [1.82, 2.24) is 0 Å². The lowest BCUT2D eigenvalue weighted by Gasteiger charge is -2.08. The molecule has 0 saturated heterocycles. The fourth-order valence-electron chi connectivity index (χ4n) is 1.19. The van der Waals surface area contributed by atoms with Crippen LogP contribution in [0.25, 0.3) is 0 Å². The van der Waals surface area contributed by atoms with Gasteiger partial charge in [0.1, 0.15) is 10.8 Å². The Labute approximate surface area is 88.6 Å². The van der Waals surface area contributed by atoms with Crippen molar-refractivity contribution < 1.29 is 4.74 Å². The molecule has 0 bridgehead atoms. The van der Waals surface area contributed by atoms with E-state index in [0.717, 1.165) is 18.4 Å². The number of aryl methyl sites for hydroxylation is 1. The van der Waals surface area contributed by atoms with Gasteiger partial charge in [-0.15, -0.1) is 0 Å². The predicted molar refractivity (Wildman–Crippen MR) is 57.0 cm³/mol. The first-order valence-corrected chi connectivity index (χ1v) is 4.97. The van der Waals surface area contributed by atoms with Crippen LogP contribution in [0.4, 0.5) is 0 Å². The first kappa shape index (κ1) is 10.7. The average Bonchev–Trinajstić information content (AvgIpc) is 2.14. The molecular formula is C10H12Cl2O. The highest BCUT2D eigenvalue weighted by molar-refractivity contribution is 6.43. The first-order valence-electron chi connectivity index (χ1n) is 4.21. The number of methoxy groups -OCH3 is 1. The lowest BCUT2D eigenvalue weighted by Crippen LogP contribution is -1.89. The molecule has 3 heteroatoms. The third-order valence-corrected chi connectivity index (χ3v) is 2.77. The molecule has 0 unspecified atom stereocenters. The number of hydrogen-bond acceptors (Lipinski definition) is 1.